The van der Waals surface area contributed by atoms with E-state index in [-0.39, 0.29) is 60.6 Å². The topological polar surface area (TPSA) is 116 Å². The number of carbonyl (C=O) groups excluding carboxylic acids is 1. The van der Waals surface area contributed by atoms with Crippen molar-refractivity contribution in [3.8, 4) is 34.5 Å². The molecule has 1 unspecified atom stereocenters. The fourth-order valence-corrected chi connectivity index (χ4v) is 4.41. The largest absolute Gasteiger partial charge is 0.534 e. The van der Waals surface area contributed by atoms with E-state index in [1.54, 1.807) is 12.1 Å². The van der Waals surface area contributed by atoms with E-state index in [4.69, 9.17) is 28.4 Å². The maximum Gasteiger partial charge on any atom is 0.534 e. The molecule has 208 valence electrons. The molecule has 0 radical (unpaired) electrons. The lowest BCUT2D eigenvalue weighted by molar-refractivity contribution is -0.129. The van der Waals surface area contributed by atoms with Crippen molar-refractivity contribution in [3.63, 3.8) is 0 Å². The number of halogens is 3. The van der Waals surface area contributed by atoms with Gasteiger partial charge in [0.15, 0.2) is 23.0 Å². The third-order valence-electron chi connectivity index (χ3n) is 5.72. The van der Waals surface area contributed by atoms with Gasteiger partial charge in [0.25, 0.3) is 6.47 Å². The Balaban J connectivity index is 2.28. The highest BCUT2D eigenvalue weighted by molar-refractivity contribution is 7.88. The second-order valence-electron chi connectivity index (χ2n) is 7.87. The molecule has 14 heteroatoms. The van der Waals surface area contributed by atoms with Crippen LogP contribution in [0.1, 0.15) is 23.5 Å². The van der Waals surface area contributed by atoms with Gasteiger partial charge in [-0.25, -0.2) is 0 Å². The second kappa shape index (κ2) is 11.7. The molecule has 1 aliphatic rings. The van der Waals surface area contributed by atoms with Crippen LogP contribution in [0, 0.1) is 5.92 Å². The lowest BCUT2D eigenvalue weighted by Gasteiger charge is -2.26. The van der Waals surface area contributed by atoms with E-state index in [2.05, 4.69) is 10.8 Å². The van der Waals surface area contributed by atoms with E-state index in [0.29, 0.717) is 5.56 Å². The van der Waals surface area contributed by atoms with Gasteiger partial charge < -0.3 is 32.6 Å². The first-order chi connectivity index (χ1) is 18.0. The van der Waals surface area contributed by atoms with E-state index in [0.717, 1.165) is 0 Å². The molecule has 0 saturated carbocycles. The van der Waals surface area contributed by atoms with Gasteiger partial charge in [0.2, 0.25) is 18.3 Å². The van der Waals surface area contributed by atoms with Gasteiger partial charge in [-0.2, -0.15) is 21.6 Å². The summed E-state index contributed by atoms with van der Waals surface area (Å²) in [4.78, 5) is 10.8. The Morgan fingerprint density at radius 3 is 2.24 bits per heavy atom. The summed E-state index contributed by atoms with van der Waals surface area (Å²) >= 11 is 0. The molecular weight excluding hydrogens is 537 g/mol. The van der Waals surface area contributed by atoms with Crippen LogP contribution in [0.25, 0.3) is 0 Å². The number of ether oxygens (including phenoxy) is 6. The molecule has 3 rings (SSSR count). The molecule has 38 heavy (non-hydrogen) atoms. The van der Waals surface area contributed by atoms with Gasteiger partial charge in [-0.05, 0) is 30.2 Å². The molecule has 0 saturated heterocycles. The summed E-state index contributed by atoms with van der Waals surface area (Å²) in [6.07, 6.45) is 1.58. The van der Waals surface area contributed by atoms with Crippen molar-refractivity contribution < 1.29 is 59.0 Å². The van der Waals surface area contributed by atoms with Crippen LogP contribution in [0.5, 0.6) is 34.5 Å². The Morgan fingerprint density at radius 2 is 1.71 bits per heavy atom. The zero-order valence-corrected chi connectivity index (χ0v) is 21.4. The van der Waals surface area contributed by atoms with E-state index in [9.17, 15) is 26.4 Å². The number of hydrogen-bond acceptors (Lipinski definition) is 10. The highest BCUT2D eigenvalue weighted by atomic mass is 32.2. The van der Waals surface area contributed by atoms with Crippen molar-refractivity contribution in [2.24, 2.45) is 5.92 Å². The van der Waals surface area contributed by atoms with Crippen molar-refractivity contribution in [2.75, 3.05) is 34.7 Å². The lowest BCUT2D eigenvalue weighted by atomic mass is 9.82. The average Bonchev–Trinajstić information content (AvgIpc) is 3.37. The fraction of sp³-hybridized carbons (Fsp3) is 0.375. The summed E-state index contributed by atoms with van der Waals surface area (Å²) in [5.41, 5.74) is -5.28. The molecule has 10 nitrogen and oxygen atoms in total. The summed E-state index contributed by atoms with van der Waals surface area (Å²) in [6.45, 7) is 3.52. The van der Waals surface area contributed by atoms with Crippen LogP contribution in [0.3, 0.4) is 0 Å². The number of alkyl halides is 3. The Labute approximate surface area is 216 Å². The molecule has 2 aromatic carbocycles. The molecule has 0 fully saturated rings. The van der Waals surface area contributed by atoms with Gasteiger partial charge >= 0.3 is 15.6 Å². The maximum absolute atomic E-state index is 13.3. The van der Waals surface area contributed by atoms with Crippen LogP contribution in [0.15, 0.2) is 36.9 Å². The molecule has 0 bridgehead atoms. The van der Waals surface area contributed by atoms with Gasteiger partial charge in [0, 0.05) is 17.4 Å². The van der Waals surface area contributed by atoms with E-state index >= 15 is 0 Å². The van der Waals surface area contributed by atoms with Crippen LogP contribution < -0.4 is 27.9 Å². The third-order valence-corrected chi connectivity index (χ3v) is 6.67. The molecule has 0 aromatic heterocycles. The van der Waals surface area contributed by atoms with Gasteiger partial charge in [-0.3, -0.25) is 4.79 Å². The number of hydrogen-bond donors (Lipinski definition) is 0. The summed E-state index contributed by atoms with van der Waals surface area (Å²) in [7, 11) is -1.93. The normalized spacial score (nSPS) is 14.3. The average molecular weight is 563 g/mol. The van der Waals surface area contributed by atoms with Crippen molar-refractivity contribution in [1.82, 2.24) is 0 Å². The molecule has 1 heterocycles. The number of carbonyl (C=O) groups is 1. The van der Waals surface area contributed by atoms with Gasteiger partial charge in [0.1, 0.15) is 0 Å². The first-order valence-corrected chi connectivity index (χ1v) is 12.3. The SMILES string of the molecule is C=CC(COC=O)C[C@H](c1cc(OC)c(OC)c(OC)c1)c1ccc2c(c1OS(=O)(=O)C(F)(F)F)OCO2. The van der Waals surface area contributed by atoms with Crippen LogP contribution in [-0.2, 0) is 19.6 Å². The number of fused-ring (bicyclic) bond motifs is 1. The summed E-state index contributed by atoms with van der Waals surface area (Å²) in [5.74, 6) is -1.69. The Hall–Kier alpha value is -3.81. The predicted octanol–water partition coefficient (Wildman–Crippen LogP) is 4.17. The van der Waals surface area contributed by atoms with Gasteiger partial charge in [-0.15, -0.1) is 6.58 Å². The summed E-state index contributed by atoms with van der Waals surface area (Å²) in [5, 5.41) is 0. The summed E-state index contributed by atoms with van der Waals surface area (Å²) < 4.78 is 100. The predicted molar refractivity (Wildman–Crippen MR) is 126 cm³/mol. The van der Waals surface area contributed by atoms with Crippen molar-refractivity contribution in [3.05, 3.63) is 48.0 Å². The first-order valence-electron chi connectivity index (χ1n) is 10.9. The Kier molecular flexibility index (Phi) is 8.86. The summed E-state index contributed by atoms with van der Waals surface area (Å²) in [6, 6.07) is 5.89. The Bertz CT molecular complexity index is 1250. The van der Waals surface area contributed by atoms with Crippen molar-refractivity contribution >= 4 is 16.6 Å². The molecule has 0 spiro atoms. The maximum atomic E-state index is 13.3. The minimum Gasteiger partial charge on any atom is -0.493 e. The number of benzene rings is 2. The Morgan fingerprint density at radius 1 is 1.05 bits per heavy atom. The number of rotatable bonds is 13. The monoisotopic (exact) mass is 562 g/mol. The van der Waals surface area contributed by atoms with Crippen molar-refractivity contribution in [1.29, 1.82) is 0 Å². The molecule has 0 amide bonds. The molecule has 2 atom stereocenters. The van der Waals surface area contributed by atoms with E-state index in [1.165, 1.54) is 39.5 Å². The quantitative estimate of drug-likeness (QED) is 0.152. The zero-order chi connectivity index (χ0) is 28.1. The van der Waals surface area contributed by atoms with Gasteiger partial charge in [-0.1, -0.05) is 12.1 Å². The van der Waals surface area contributed by atoms with E-state index < -0.39 is 33.2 Å². The lowest BCUT2D eigenvalue weighted by Crippen LogP contribution is -2.28. The van der Waals surface area contributed by atoms with Gasteiger partial charge in [0.05, 0.1) is 27.9 Å². The molecule has 0 aliphatic carbocycles. The standard InChI is InChI=1S/C24H25F3O10S/c1-5-14(11-34-12-28)8-17(15-9-19(31-2)22(33-4)20(10-15)32-3)16-6-7-18-23(36-13-35-18)21(16)37-38(29,30)24(25,26)27/h5-7,9-10,12,14,17H,1,8,11,13H2,2-4H3/t14?,17-/m1/s1. The highest BCUT2D eigenvalue weighted by Crippen LogP contribution is 2.51. The fourth-order valence-electron chi connectivity index (χ4n) is 3.92. The van der Waals surface area contributed by atoms with Crippen LogP contribution in [0.4, 0.5) is 13.2 Å². The zero-order valence-electron chi connectivity index (χ0n) is 20.6. The van der Waals surface area contributed by atoms with Crippen LogP contribution in [-0.4, -0.2) is 55.1 Å². The first kappa shape index (κ1) is 28.8. The number of methoxy groups -OCH3 is 3. The van der Waals surface area contributed by atoms with E-state index in [1.807, 2.05) is 0 Å². The smallest absolute Gasteiger partial charge is 0.493 e. The molecule has 0 N–H and O–H groups in total. The van der Waals surface area contributed by atoms with Crippen molar-refractivity contribution in [2.45, 2.75) is 17.8 Å². The van der Waals surface area contributed by atoms with Crippen LogP contribution >= 0.6 is 0 Å². The minimum atomic E-state index is -6.09. The second-order valence-corrected chi connectivity index (χ2v) is 9.41. The third kappa shape index (κ3) is 5.85. The molecular formula is C24H25F3O10S. The molecule has 2 aromatic rings. The molecule has 1 aliphatic heterocycles. The highest BCUT2D eigenvalue weighted by Gasteiger charge is 2.50. The van der Waals surface area contributed by atoms with Crippen LogP contribution in [0.2, 0.25) is 0 Å². The minimum absolute atomic E-state index is 0.00525.